The van der Waals surface area contributed by atoms with E-state index in [1.165, 1.54) is 4.88 Å². The van der Waals surface area contributed by atoms with Crippen LogP contribution in [0.2, 0.25) is 0 Å². The van der Waals surface area contributed by atoms with Gasteiger partial charge in [0.15, 0.2) is 0 Å². The fraction of sp³-hybridized carbons (Fsp3) is 0.450. The number of carboxylic acids is 1. The zero-order valence-electron chi connectivity index (χ0n) is 14.8. The minimum Gasteiger partial charge on any atom is -0.478 e. The first-order chi connectivity index (χ1) is 11.3. The largest absolute Gasteiger partial charge is 0.478 e. The summed E-state index contributed by atoms with van der Waals surface area (Å²) in [5, 5.41) is 13.1. The van der Waals surface area contributed by atoms with Crippen LogP contribution >= 0.6 is 11.3 Å². The number of carbonyl (C=O) groups is 1. The second kappa shape index (κ2) is 6.34. The number of hydrogen-bond acceptors (Lipinski definition) is 3. The molecule has 1 aromatic heterocycles. The van der Waals surface area contributed by atoms with Crippen molar-refractivity contribution in [2.45, 2.75) is 46.6 Å². The summed E-state index contributed by atoms with van der Waals surface area (Å²) in [6.07, 6.45) is 2.96. The van der Waals surface area contributed by atoms with Crippen molar-refractivity contribution >= 4 is 17.3 Å². The molecule has 0 radical (unpaired) electrons. The van der Waals surface area contributed by atoms with E-state index in [9.17, 15) is 9.90 Å². The Morgan fingerprint density at radius 1 is 1.38 bits per heavy atom. The lowest BCUT2D eigenvalue weighted by molar-refractivity contribution is 0.0696. The Morgan fingerprint density at radius 3 is 2.79 bits per heavy atom. The van der Waals surface area contributed by atoms with E-state index in [1.807, 2.05) is 7.05 Å². The van der Waals surface area contributed by atoms with Crippen molar-refractivity contribution in [2.75, 3.05) is 7.05 Å². The van der Waals surface area contributed by atoms with Gasteiger partial charge >= 0.3 is 5.97 Å². The highest BCUT2D eigenvalue weighted by molar-refractivity contribution is 7.16. The normalized spacial score (nSPS) is 16.0. The molecule has 1 heterocycles. The van der Waals surface area contributed by atoms with Gasteiger partial charge in [-0.15, -0.1) is 11.3 Å². The van der Waals surface area contributed by atoms with Crippen LogP contribution in [0.25, 0.3) is 10.4 Å². The molecule has 0 saturated carbocycles. The van der Waals surface area contributed by atoms with Gasteiger partial charge in [0, 0.05) is 16.3 Å². The van der Waals surface area contributed by atoms with Crippen LogP contribution in [0, 0.1) is 12.3 Å². The van der Waals surface area contributed by atoms with Crippen LogP contribution in [-0.4, -0.2) is 18.1 Å². The van der Waals surface area contributed by atoms with Crippen LogP contribution in [0.15, 0.2) is 18.2 Å². The van der Waals surface area contributed by atoms with Gasteiger partial charge < -0.3 is 10.4 Å². The van der Waals surface area contributed by atoms with Crippen LogP contribution in [0.1, 0.15) is 52.2 Å². The third kappa shape index (κ3) is 3.13. The maximum absolute atomic E-state index is 12.1. The molecule has 3 nitrogen and oxygen atoms in total. The van der Waals surface area contributed by atoms with Gasteiger partial charge in [0.25, 0.3) is 0 Å². The van der Waals surface area contributed by atoms with Gasteiger partial charge in [0.1, 0.15) is 0 Å². The molecule has 0 saturated heterocycles. The average Bonchev–Trinajstić information content (AvgIpc) is 2.86. The lowest BCUT2D eigenvalue weighted by Crippen LogP contribution is -2.22. The lowest BCUT2D eigenvalue weighted by Gasteiger charge is -2.29. The molecule has 3 rings (SSSR count). The Labute approximate surface area is 147 Å². The van der Waals surface area contributed by atoms with Crippen molar-refractivity contribution in [3.8, 4) is 10.4 Å². The highest BCUT2D eigenvalue weighted by Gasteiger charge is 2.33. The molecule has 4 heteroatoms. The third-order valence-corrected chi connectivity index (χ3v) is 6.19. The second-order valence-electron chi connectivity index (χ2n) is 7.54. The molecule has 128 valence electrons. The third-order valence-electron chi connectivity index (χ3n) is 4.87. The number of carboxylic acid groups (broad SMARTS) is 1. The molecular weight excluding hydrogens is 318 g/mol. The molecule has 0 spiro atoms. The van der Waals surface area contributed by atoms with Crippen molar-refractivity contribution in [2.24, 2.45) is 5.41 Å². The van der Waals surface area contributed by atoms with E-state index in [1.54, 1.807) is 11.3 Å². The van der Waals surface area contributed by atoms with Crippen molar-refractivity contribution in [3.63, 3.8) is 0 Å². The number of benzene rings is 1. The van der Waals surface area contributed by atoms with Gasteiger partial charge in [-0.1, -0.05) is 37.6 Å². The fourth-order valence-electron chi connectivity index (χ4n) is 3.58. The predicted molar refractivity (Wildman–Crippen MR) is 100 cm³/mol. The quantitative estimate of drug-likeness (QED) is 0.849. The van der Waals surface area contributed by atoms with Gasteiger partial charge in [-0.05, 0) is 55.3 Å². The number of aryl methyl sites for hydroxylation is 2. The molecule has 0 unspecified atom stereocenters. The Hall–Kier alpha value is -1.65. The first kappa shape index (κ1) is 17.2. The SMILES string of the molecule is CNCc1ccc(C)cc1-c1sc2c(c1C(=O)O)CC(C)(C)CC2. The summed E-state index contributed by atoms with van der Waals surface area (Å²) in [5.41, 5.74) is 5.16. The fourth-order valence-corrected chi connectivity index (χ4v) is 4.94. The standard InChI is InChI=1S/C20H25NO2S/c1-12-5-6-13(11-21-4)14(9-12)18-17(19(22)23)15-10-20(2,3)8-7-16(15)24-18/h5-6,9,21H,7-8,10-11H2,1-4H3,(H,22,23). The average molecular weight is 343 g/mol. The first-order valence-electron chi connectivity index (χ1n) is 8.45. The highest BCUT2D eigenvalue weighted by atomic mass is 32.1. The van der Waals surface area contributed by atoms with Gasteiger partial charge in [-0.25, -0.2) is 4.79 Å². The van der Waals surface area contributed by atoms with E-state index >= 15 is 0 Å². The first-order valence-corrected chi connectivity index (χ1v) is 9.26. The maximum atomic E-state index is 12.1. The highest BCUT2D eigenvalue weighted by Crippen LogP contribution is 2.45. The summed E-state index contributed by atoms with van der Waals surface area (Å²) < 4.78 is 0. The van der Waals surface area contributed by atoms with Crippen LogP contribution in [-0.2, 0) is 19.4 Å². The summed E-state index contributed by atoms with van der Waals surface area (Å²) >= 11 is 1.68. The van der Waals surface area contributed by atoms with E-state index in [4.69, 9.17) is 0 Å². The zero-order chi connectivity index (χ0) is 17.5. The van der Waals surface area contributed by atoms with E-state index < -0.39 is 5.97 Å². The summed E-state index contributed by atoms with van der Waals surface area (Å²) in [6.45, 7) is 7.27. The Kier molecular flexibility index (Phi) is 4.54. The van der Waals surface area contributed by atoms with Crippen LogP contribution in [0.3, 0.4) is 0 Å². The molecule has 1 aromatic carbocycles. The number of fused-ring (bicyclic) bond motifs is 1. The van der Waals surface area contributed by atoms with Gasteiger partial charge in [0.2, 0.25) is 0 Å². The van der Waals surface area contributed by atoms with Crippen LogP contribution in [0.5, 0.6) is 0 Å². The molecule has 0 amide bonds. The molecule has 0 aliphatic heterocycles. The Morgan fingerprint density at radius 2 is 2.12 bits per heavy atom. The molecule has 0 fully saturated rings. The monoisotopic (exact) mass is 343 g/mol. The number of hydrogen-bond donors (Lipinski definition) is 2. The number of nitrogens with one attached hydrogen (secondary N) is 1. The Bertz CT molecular complexity index is 789. The summed E-state index contributed by atoms with van der Waals surface area (Å²) in [7, 11) is 1.92. The minimum absolute atomic E-state index is 0.177. The van der Waals surface area contributed by atoms with Crippen LogP contribution < -0.4 is 5.32 Å². The van der Waals surface area contributed by atoms with E-state index in [0.717, 1.165) is 52.9 Å². The molecule has 24 heavy (non-hydrogen) atoms. The summed E-state index contributed by atoms with van der Waals surface area (Å²) in [4.78, 5) is 14.3. The number of thiophene rings is 1. The zero-order valence-corrected chi connectivity index (χ0v) is 15.6. The van der Waals surface area contributed by atoms with E-state index in [2.05, 4.69) is 44.3 Å². The molecule has 0 bridgehead atoms. The molecular formula is C20H25NO2S. The van der Waals surface area contributed by atoms with Crippen molar-refractivity contribution < 1.29 is 9.90 Å². The topological polar surface area (TPSA) is 49.3 Å². The molecule has 0 atom stereocenters. The van der Waals surface area contributed by atoms with Gasteiger partial charge in [-0.2, -0.15) is 0 Å². The summed E-state index contributed by atoms with van der Waals surface area (Å²) in [5.74, 6) is -0.794. The Balaban J connectivity index is 2.21. The van der Waals surface area contributed by atoms with Crippen molar-refractivity contribution in [3.05, 3.63) is 45.3 Å². The predicted octanol–water partition coefficient (Wildman–Crippen LogP) is 4.66. The van der Waals surface area contributed by atoms with E-state index in [0.29, 0.717) is 5.56 Å². The maximum Gasteiger partial charge on any atom is 0.337 e. The van der Waals surface area contributed by atoms with Crippen molar-refractivity contribution in [1.82, 2.24) is 5.32 Å². The second-order valence-corrected chi connectivity index (χ2v) is 8.65. The van der Waals surface area contributed by atoms with Crippen molar-refractivity contribution in [1.29, 1.82) is 0 Å². The molecule has 2 N–H and O–H groups in total. The van der Waals surface area contributed by atoms with E-state index in [-0.39, 0.29) is 5.41 Å². The molecule has 2 aromatic rings. The van der Waals surface area contributed by atoms with Gasteiger partial charge in [0.05, 0.1) is 5.56 Å². The number of rotatable bonds is 4. The number of aromatic carboxylic acids is 1. The van der Waals surface area contributed by atoms with Gasteiger partial charge in [-0.3, -0.25) is 0 Å². The lowest BCUT2D eigenvalue weighted by atomic mass is 9.76. The molecule has 1 aliphatic carbocycles. The smallest absolute Gasteiger partial charge is 0.337 e. The van der Waals surface area contributed by atoms with Crippen LogP contribution in [0.4, 0.5) is 0 Å². The molecule has 1 aliphatic rings. The minimum atomic E-state index is -0.794. The summed E-state index contributed by atoms with van der Waals surface area (Å²) in [6, 6.07) is 6.32.